The van der Waals surface area contributed by atoms with Gasteiger partial charge in [0.25, 0.3) is 5.91 Å². The van der Waals surface area contributed by atoms with Crippen molar-refractivity contribution in [3.8, 4) is 0 Å². The molecule has 0 saturated carbocycles. The highest BCUT2D eigenvalue weighted by molar-refractivity contribution is 6.05. The van der Waals surface area contributed by atoms with E-state index in [2.05, 4.69) is 26.2 Å². The van der Waals surface area contributed by atoms with E-state index in [4.69, 9.17) is 14.2 Å². The summed E-state index contributed by atoms with van der Waals surface area (Å²) >= 11 is 0. The topological polar surface area (TPSA) is 252 Å². The highest BCUT2D eigenvalue weighted by Crippen LogP contribution is 2.43. The molecule has 5 aliphatic heterocycles. The first kappa shape index (κ1) is 65.3. The van der Waals surface area contributed by atoms with Crippen LogP contribution in [0.3, 0.4) is 0 Å². The van der Waals surface area contributed by atoms with E-state index in [-0.39, 0.29) is 81.0 Å². The summed E-state index contributed by atoms with van der Waals surface area (Å²) in [5.74, 6) is -6.97. The average molecular weight is 1240 g/mol. The van der Waals surface area contributed by atoms with Crippen molar-refractivity contribution in [3.05, 3.63) is 124 Å². The van der Waals surface area contributed by atoms with Gasteiger partial charge in [0.2, 0.25) is 29.5 Å². The molecule has 22 nitrogen and oxygen atoms in total. The molecular weight excluding hydrogens is 1160 g/mol. The summed E-state index contributed by atoms with van der Waals surface area (Å²) in [6, 6.07) is 14.5. The molecule has 0 bridgehead atoms. The molecule has 7 atom stereocenters. The van der Waals surface area contributed by atoms with Crippen LogP contribution in [0.1, 0.15) is 95.2 Å². The number of fused-ring (bicyclic) bond motifs is 2. The second kappa shape index (κ2) is 27.3. The molecule has 3 fully saturated rings. The molecule has 4 aromatic carbocycles. The Morgan fingerprint density at radius 2 is 1.53 bits per heavy atom. The van der Waals surface area contributed by atoms with Crippen LogP contribution in [-0.4, -0.2) is 192 Å². The molecule has 9 rings (SSSR count). The van der Waals surface area contributed by atoms with Crippen molar-refractivity contribution >= 4 is 64.7 Å². The summed E-state index contributed by atoms with van der Waals surface area (Å²) in [5, 5.41) is 20.9. The maximum atomic E-state index is 15.1. The van der Waals surface area contributed by atoms with Gasteiger partial charge in [0.15, 0.2) is 0 Å². The number of piperazine rings is 1. The number of benzene rings is 4. The number of carboxylic acid groups (broad SMARTS) is 1. The quantitative estimate of drug-likeness (QED) is 0.0812. The van der Waals surface area contributed by atoms with E-state index in [0.717, 1.165) is 34.2 Å². The fourth-order valence-electron chi connectivity index (χ4n) is 12.4. The van der Waals surface area contributed by atoms with Crippen molar-refractivity contribution < 1.29 is 70.8 Å². The number of hydrogen-bond donors (Lipinski definition) is 5. The van der Waals surface area contributed by atoms with Gasteiger partial charge in [0.1, 0.15) is 46.9 Å². The summed E-state index contributed by atoms with van der Waals surface area (Å²) in [6.07, 6.45) is -0.770. The number of morpholine rings is 1. The number of amides is 8. The van der Waals surface area contributed by atoms with E-state index in [1.807, 2.05) is 24.0 Å². The predicted octanol–water partition coefficient (Wildman–Crippen LogP) is 6.02. The zero-order chi connectivity index (χ0) is 64.2. The summed E-state index contributed by atoms with van der Waals surface area (Å²) in [6.45, 7) is 14.2. The van der Waals surface area contributed by atoms with Crippen LogP contribution >= 0.6 is 0 Å². The van der Waals surface area contributed by atoms with Crippen LogP contribution in [0.2, 0.25) is 0 Å². The van der Waals surface area contributed by atoms with Crippen LogP contribution in [0, 0.1) is 23.4 Å². The third-order valence-electron chi connectivity index (χ3n) is 17.5. The van der Waals surface area contributed by atoms with Crippen LogP contribution < -0.4 is 26.2 Å². The van der Waals surface area contributed by atoms with Crippen LogP contribution in [0.4, 0.5) is 39.8 Å². The van der Waals surface area contributed by atoms with E-state index in [9.17, 15) is 43.1 Å². The Hall–Kier alpha value is -8.13. The summed E-state index contributed by atoms with van der Waals surface area (Å²) in [7, 11) is 1.38. The molecule has 478 valence electrons. The first-order chi connectivity index (χ1) is 42.2. The van der Waals surface area contributed by atoms with Gasteiger partial charge in [-0.1, -0.05) is 36.4 Å². The minimum atomic E-state index is -1.51. The Labute approximate surface area is 515 Å². The Morgan fingerprint density at radius 1 is 0.831 bits per heavy atom. The van der Waals surface area contributed by atoms with E-state index in [0.29, 0.717) is 62.4 Å². The number of carbonyl (C=O) groups is 8. The molecule has 0 aromatic heterocycles. The number of anilines is 3. The van der Waals surface area contributed by atoms with Crippen molar-refractivity contribution in [2.24, 2.45) is 5.92 Å². The molecule has 5 N–H and O–H groups in total. The Morgan fingerprint density at radius 3 is 2.20 bits per heavy atom. The third kappa shape index (κ3) is 15.0. The molecular formula is C64H79F3N10O12. The van der Waals surface area contributed by atoms with Crippen molar-refractivity contribution in [2.45, 2.75) is 122 Å². The number of halogens is 3. The average Bonchev–Trinajstić information content (AvgIpc) is 1.68. The summed E-state index contributed by atoms with van der Waals surface area (Å²) in [5.41, 5.74) is 0.400. The van der Waals surface area contributed by atoms with E-state index in [1.165, 1.54) is 54.1 Å². The third-order valence-corrected chi connectivity index (χ3v) is 17.5. The van der Waals surface area contributed by atoms with E-state index < -0.39 is 107 Å². The maximum absolute atomic E-state index is 15.1. The number of para-hydroxylation sites is 1. The van der Waals surface area contributed by atoms with Gasteiger partial charge < -0.3 is 55.3 Å². The minimum Gasteiger partial charge on any atom is -0.465 e. The Bertz CT molecular complexity index is 3330. The number of likely N-dealkylation sites (N-methyl/N-ethyl adjacent to an activating group) is 1. The number of nitrogens with zero attached hydrogens (tertiary/aromatic N) is 6. The predicted molar refractivity (Wildman–Crippen MR) is 322 cm³/mol. The largest absolute Gasteiger partial charge is 0.465 e. The van der Waals surface area contributed by atoms with Gasteiger partial charge in [-0.05, 0) is 144 Å². The number of rotatable bonds is 17. The first-order valence-electron chi connectivity index (χ1n) is 30.0. The fraction of sp³-hybridized carbons (Fsp3) is 0.500. The molecule has 25 heteroatoms. The van der Waals surface area contributed by atoms with Gasteiger partial charge in [-0.15, -0.1) is 0 Å². The molecule has 0 aliphatic carbocycles. The normalized spacial score (nSPS) is 22.1. The smallest absolute Gasteiger partial charge is 0.410 e. The lowest BCUT2D eigenvalue weighted by Gasteiger charge is -2.47. The van der Waals surface area contributed by atoms with Crippen molar-refractivity contribution in [3.63, 3.8) is 0 Å². The van der Waals surface area contributed by atoms with Gasteiger partial charge in [-0.25, -0.2) is 22.8 Å². The van der Waals surface area contributed by atoms with Crippen LogP contribution in [0.5, 0.6) is 0 Å². The fourth-order valence-corrected chi connectivity index (χ4v) is 12.4. The number of nitrogens with one attached hydrogen (secondary N) is 4. The minimum absolute atomic E-state index is 0.0701. The second-order valence-corrected chi connectivity index (χ2v) is 25.1. The maximum Gasteiger partial charge on any atom is 0.410 e. The molecule has 3 saturated heterocycles. The van der Waals surface area contributed by atoms with Crippen molar-refractivity contribution in [1.82, 2.24) is 35.1 Å². The van der Waals surface area contributed by atoms with Gasteiger partial charge in [-0.3, -0.25) is 43.5 Å². The summed E-state index contributed by atoms with van der Waals surface area (Å²) in [4.78, 5) is 122. The van der Waals surface area contributed by atoms with Gasteiger partial charge >= 0.3 is 12.2 Å². The van der Waals surface area contributed by atoms with Gasteiger partial charge in [-0.2, -0.15) is 0 Å². The monoisotopic (exact) mass is 1240 g/mol. The molecule has 0 unspecified atom stereocenters. The Kier molecular flexibility index (Phi) is 20.0. The highest BCUT2D eigenvalue weighted by atomic mass is 19.1. The van der Waals surface area contributed by atoms with Crippen molar-refractivity contribution in [2.75, 3.05) is 94.8 Å². The molecule has 8 amide bonds. The molecule has 0 radical (unpaired) electrons. The van der Waals surface area contributed by atoms with Crippen LogP contribution in [0.25, 0.3) is 0 Å². The molecule has 4 aromatic rings. The molecule has 0 spiro atoms. The second-order valence-electron chi connectivity index (χ2n) is 25.1. The van der Waals surface area contributed by atoms with E-state index in [1.54, 1.807) is 57.7 Å². The number of ether oxygens (including phenoxy) is 3. The lowest BCUT2D eigenvalue weighted by molar-refractivity contribution is -0.144. The summed E-state index contributed by atoms with van der Waals surface area (Å²) < 4.78 is 60.9. The molecule has 5 aliphatic rings. The standard InChI is InChI=1S/C64H79F3N10O12/c1-37-30-74(46(33-75(37)61(84)85)32-73-22-25-88-35-38(73)2)34-53(79)77-36-64(7,48-19-14-41(27-51(48)77)26-40-12-15-44(65)16-13-40)60(83)68-29-52(78)69-45-17-18-47-43(28-45)31-76(56(47)58(81)71-55-49(66)10-9-11-50(55)67)59(82)54(42-20-23-87-24-21-42)70-57(80)39(3)72(8)62(86)89-63(4,5)6/h9-19,27-28,37-39,42,46,54,56H,20-26,29-36H2,1-8H3,(H,68,83)(H,69,78)(H,70,80)(H,71,81)(H,84,85)/t37-,38-,39+,46+,54+,56+,64-/m1/s1. The van der Waals surface area contributed by atoms with E-state index >= 15 is 13.6 Å². The SMILES string of the molecule is C[C@@H]1COCCN1C[C@H]1CN(C(=O)O)[C@H](C)CN1CC(=O)N1C[C@@](C)(C(=O)NCC(=O)Nc2ccc3c(c2)CN(C(=O)[C@@H](NC(=O)[C@H](C)N(C)C(=O)OC(C)(C)C)C2CCOCC2)[C@@H]3C(=O)Nc2c(F)cccc2F)c2ccc(Cc3ccc(F)cc3)cc21. The lowest BCUT2D eigenvalue weighted by atomic mass is 9.83. The molecule has 5 heterocycles. The highest BCUT2D eigenvalue weighted by Gasteiger charge is 2.49. The number of hydrogen-bond acceptors (Lipinski definition) is 13. The number of carbonyl (C=O) groups excluding carboxylic acids is 7. The lowest BCUT2D eigenvalue weighted by Crippen LogP contribution is -2.64. The van der Waals surface area contributed by atoms with Crippen molar-refractivity contribution in [1.29, 1.82) is 0 Å². The van der Waals surface area contributed by atoms with Crippen LogP contribution in [0.15, 0.2) is 78.9 Å². The van der Waals surface area contributed by atoms with Gasteiger partial charge in [0, 0.05) is 89.0 Å². The zero-order valence-corrected chi connectivity index (χ0v) is 51.4. The van der Waals surface area contributed by atoms with Crippen LogP contribution in [-0.2, 0) is 61.4 Å². The Balaban J connectivity index is 0.937. The van der Waals surface area contributed by atoms with Gasteiger partial charge in [0.05, 0.1) is 31.7 Å². The first-order valence-corrected chi connectivity index (χ1v) is 30.0. The molecule has 89 heavy (non-hydrogen) atoms. The zero-order valence-electron chi connectivity index (χ0n) is 51.4.